The van der Waals surface area contributed by atoms with E-state index in [0.29, 0.717) is 54.5 Å². The van der Waals surface area contributed by atoms with E-state index in [2.05, 4.69) is 20.8 Å². The third kappa shape index (κ3) is 2.26. The fourth-order valence-electron chi connectivity index (χ4n) is 8.01. The standard InChI is InChI=1S/C22H32O3/c1-12-9-15-17-6-5-16(13(2)23)22(17,4)11-19(25)20(15)21(3)8-7-14(24)10-18(12)21/h12,15-18,20H,5-11H2,1-4H3/t12-,15+,16-,17+,18-,20-,21+,22-/m1/s1. The van der Waals surface area contributed by atoms with Gasteiger partial charge in [0.1, 0.15) is 17.3 Å². The molecule has 25 heavy (non-hydrogen) atoms. The zero-order valence-electron chi connectivity index (χ0n) is 16.1. The number of fused-ring (bicyclic) bond motifs is 5. The lowest BCUT2D eigenvalue weighted by molar-refractivity contribution is -0.167. The number of hydrogen-bond acceptors (Lipinski definition) is 3. The van der Waals surface area contributed by atoms with E-state index in [1.165, 1.54) is 0 Å². The summed E-state index contributed by atoms with van der Waals surface area (Å²) in [5, 5.41) is 0. The Morgan fingerprint density at radius 1 is 1.08 bits per heavy atom. The Balaban J connectivity index is 1.73. The molecule has 138 valence electrons. The van der Waals surface area contributed by atoms with Gasteiger partial charge in [-0.1, -0.05) is 20.8 Å². The topological polar surface area (TPSA) is 51.2 Å². The maximum Gasteiger partial charge on any atom is 0.137 e. The lowest BCUT2D eigenvalue weighted by Gasteiger charge is -2.60. The van der Waals surface area contributed by atoms with E-state index in [4.69, 9.17) is 0 Å². The summed E-state index contributed by atoms with van der Waals surface area (Å²) in [5.74, 6) is 3.02. The van der Waals surface area contributed by atoms with Gasteiger partial charge in [-0.2, -0.15) is 0 Å². The second-order valence-electron chi connectivity index (χ2n) is 10.2. The summed E-state index contributed by atoms with van der Waals surface area (Å²) in [6.07, 6.45) is 5.90. The van der Waals surface area contributed by atoms with Crippen molar-refractivity contribution < 1.29 is 14.4 Å². The zero-order valence-corrected chi connectivity index (χ0v) is 16.1. The third-order valence-electron chi connectivity index (χ3n) is 9.03. The number of carbonyl (C=O) groups is 3. The molecule has 0 heterocycles. The van der Waals surface area contributed by atoms with Gasteiger partial charge in [-0.05, 0) is 67.1 Å². The molecule has 4 aliphatic rings. The summed E-state index contributed by atoms with van der Waals surface area (Å²) >= 11 is 0. The molecular weight excluding hydrogens is 312 g/mol. The van der Waals surface area contributed by atoms with Gasteiger partial charge in [-0.15, -0.1) is 0 Å². The molecule has 0 aliphatic heterocycles. The molecule has 0 radical (unpaired) electrons. The highest BCUT2D eigenvalue weighted by atomic mass is 16.1. The lowest BCUT2D eigenvalue weighted by atomic mass is 9.42. The highest BCUT2D eigenvalue weighted by Gasteiger charge is 2.64. The minimum atomic E-state index is -0.127. The molecular formula is C22H32O3. The summed E-state index contributed by atoms with van der Waals surface area (Å²) in [6, 6.07) is 0. The second-order valence-corrected chi connectivity index (χ2v) is 10.2. The quantitative estimate of drug-likeness (QED) is 0.715. The Hall–Kier alpha value is -0.990. The van der Waals surface area contributed by atoms with Crippen LogP contribution in [0.2, 0.25) is 0 Å². The van der Waals surface area contributed by atoms with Crippen LogP contribution in [0, 0.1) is 46.3 Å². The van der Waals surface area contributed by atoms with E-state index >= 15 is 0 Å². The van der Waals surface area contributed by atoms with Crippen LogP contribution in [-0.4, -0.2) is 17.3 Å². The summed E-state index contributed by atoms with van der Waals surface area (Å²) in [6.45, 7) is 8.53. The van der Waals surface area contributed by atoms with E-state index in [-0.39, 0.29) is 28.4 Å². The van der Waals surface area contributed by atoms with Gasteiger partial charge in [-0.3, -0.25) is 14.4 Å². The predicted molar refractivity (Wildman–Crippen MR) is 95.8 cm³/mol. The minimum absolute atomic E-state index is 0.0109. The molecule has 0 bridgehead atoms. The average Bonchev–Trinajstić information content (AvgIpc) is 2.85. The molecule has 0 N–H and O–H groups in total. The van der Waals surface area contributed by atoms with E-state index < -0.39 is 0 Å². The van der Waals surface area contributed by atoms with Crippen molar-refractivity contribution in [1.82, 2.24) is 0 Å². The number of hydrogen-bond donors (Lipinski definition) is 0. The third-order valence-corrected chi connectivity index (χ3v) is 9.03. The van der Waals surface area contributed by atoms with Crippen molar-refractivity contribution in [2.24, 2.45) is 46.3 Å². The second kappa shape index (κ2) is 5.50. The monoisotopic (exact) mass is 344 g/mol. The van der Waals surface area contributed by atoms with Gasteiger partial charge < -0.3 is 0 Å². The van der Waals surface area contributed by atoms with Crippen LogP contribution in [0.4, 0.5) is 0 Å². The van der Waals surface area contributed by atoms with Crippen molar-refractivity contribution in [3.05, 3.63) is 0 Å². The smallest absolute Gasteiger partial charge is 0.137 e. The molecule has 0 saturated heterocycles. The largest absolute Gasteiger partial charge is 0.300 e. The normalized spacial score (nSPS) is 52.3. The molecule has 0 amide bonds. The maximum atomic E-state index is 13.4. The van der Waals surface area contributed by atoms with Gasteiger partial charge in [0.15, 0.2) is 0 Å². The van der Waals surface area contributed by atoms with Crippen molar-refractivity contribution in [2.75, 3.05) is 0 Å². The molecule has 3 heteroatoms. The number of rotatable bonds is 1. The van der Waals surface area contributed by atoms with Gasteiger partial charge in [0.25, 0.3) is 0 Å². The van der Waals surface area contributed by atoms with Crippen molar-refractivity contribution in [2.45, 2.75) is 72.6 Å². The van der Waals surface area contributed by atoms with Crippen LogP contribution in [-0.2, 0) is 14.4 Å². The Morgan fingerprint density at radius 2 is 1.80 bits per heavy atom. The first-order valence-electron chi connectivity index (χ1n) is 10.2. The summed E-state index contributed by atoms with van der Waals surface area (Å²) in [7, 11) is 0. The van der Waals surface area contributed by atoms with Crippen LogP contribution in [0.15, 0.2) is 0 Å². The average molecular weight is 344 g/mol. The molecule has 4 saturated carbocycles. The van der Waals surface area contributed by atoms with E-state index in [9.17, 15) is 14.4 Å². The van der Waals surface area contributed by atoms with E-state index in [1.54, 1.807) is 6.92 Å². The molecule has 8 atom stereocenters. The van der Waals surface area contributed by atoms with Crippen LogP contribution in [0.25, 0.3) is 0 Å². The van der Waals surface area contributed by atoms with Crippen molar-refractivity contribution >= 4 is 17.3 Å². The Bertz CT molecular complexity index is 637. The lowest BCUT2D eigenvalue weighted by Crippen LogP contribution is -2.59. The molecule has 0 aromatic rings. The number of Topliss-reactive ketones (excluding diaryl/α,β-unsaturated/α-hetero) is 3. The van der Waals surface area contributed by atoms with Gasteiger partial charge >= 0.3 is 0 Å². The van der Waals surface area contributed by atoms with Crippen LogP contribution in [0.1, 0.15) is 72.6 Å². The van der Waals surface area contributed by atoms with Crippen molar-refractivity contribution in [3.63, 3.8) is 0 Å². The molecule has 3 nitrogen and oxygen atoms in total. The van der Waals surface area contributed by atoms with Gasteiger partial charge in [0.2, 0.25) is 0 Å². The van der Waals surface area contributed by atoms with Crippen LogP contribution in [0.5, 0.6) is 0 Å². The highest BCUT2D eigenvalue weighted by Crippen LogP contribution is 2.67. The van der Waals surface area contributed by atoms with E-state index in [0.717, 1.165) is 25.7 Å². The van der Waals surface area contributed by atoms with Crippen LogP contribution >= 0.6 is 0 Å². The number of carbonyl (C=O) groups excluding carboxylic acids is 3. The summed E-state index contributed by atoms with van der Waals surface area (Å²) in [5.41, 5.74) is -0.138. The van der Waals surface area contributed by atoms with E-state index in [1.807, 2.05) is 0 Å². The molecule has 4 fully saturated rings. The van der Waals surface area contributed by atoms with Gasteiger partial charge in [0.05, 0.1) is 0 Å². The zero-order chi connectivity index (χ0) is 18.1. The molecule has 0 unspecified atom stereocenters. The summed E-state index contributed by atoms with van der Waals surface area (Å²) in [4.78, 5) is 37.7. The van der Waals surface area contributed by atoms with Gasteiger partial charge in [0, 0.05) is 31.1 Å². The SMILES string of the molecule is CC(=O)[C@H]1CC[C@H]2[C@@H]3C[C@@H](C)[C@H]4CC(=O)CC[C@]4(C)[C@H]3C(=O)C[C@]12C. The van der Waals surface area contributed by atoms with Crippen LogP contribution in [0.3, 0.4) is 0 Å². The molecule has 0 aromatic carbocycles. The number of ketones is 3. The minimum Gasteiger partial charge on any atom is -0.300 e. The first kappa shape index (κ1) is 17.4. The Kier molecular flexibility index (Phi) is 3.84. The van der Waals surface area contributed by atoms with Crippen molar-refractivity contribution in [3.8, 4) is 0 Å². The molecule has 4 aliphatic carbocycles. The highest BCUT2D eigenvalue weighted by molar-refractivity contribution is 5.87. The first-order chi connectivity index (χ1) is 11.7. The van der Waals surface area contributed by atoms with Crippen molar-refractivity contribution in [1.29, 1.82) is 0 Å². The summed E-state index contributed by atoms with van der Waals surface area (Å²) < 4.78 is 0. The van der Waals surface area contributed by atoms with Crippen LogP contribution < -0.4 is 0 Å². The Labute approximate surface area is 151 Å². The fraction of sp³-hybridized carbons (Fsp3) is 0.864. The Morgan fingerprint density at radius 3 is 2.48 bits per heavy atom. The fourth-order valence-corrected chi connectivity index (χ4v) is 8.01. The molecule has 4 rings (SSSR count). The molecule has 0 aromatic heterocycles. The van der Waals surface area contributed by atoms with Gasteiger partial charge in [-0.25, -0.2) is 0 Å². The maximum absolute atomic E-state index is 13.4. The predicted octanol–water partition coefficient (Wildman–Crippen LogP) is 4.23. The molecule has 0 spiro atoms. The first-order valence-corrected chi connectivity index (χ1v) is 10.2.